The molecule has 0 N–H and O–H groups in total. The number of nitrogens with zero attached hydrogens (tertiary/aromatic N) is 2. The highest BCUT2D eigenvalue weighted by Crippen LogP contribution is 2.25. The van der Waals surface area contributed by atoms with Crippen molar-refractivity contribution in [2.75, 3.05) is 31.1 Å². The monoisotopic (exact) mass is 272 g/mol. The summed E-state index contributed by atoms with van der Waals surface area (Å²) in [5.74, 6) is 0.143. The molecule has 108 valence electrons. The summed E-state index contributed by atoms with van der Waals surface area (Å²) in [6.07, 6.45) is 5.31. The second-order valence-electron chi connectivity index (χ2n) is 6.06. The lowest BCUT2D eigenvalue weighted by Gasteiger charge is -2.37. The fourth-order valence-corrected chi connectivity index (χ4v) is 3.50. The van der Waals surface area contributed by atoms with Crippen molar-refractivity contribution in [3.05, 3.63) is 29.8 Å². The van der Waals surface area contributed by atoms with E-state index in [1.54, 1.807) is 6.92 Å². The molecule has 0 amide bonds. The number of rotatable bonds is 3. The fraction of sp³-hybridized carbons (Fsp3) is 0.588. The summed E-state index contributed by atoms with van der Waals surface area (Å²) in [7, 11) is 0. The SMILES string of the molecule is CC(=O)c1ccc(N2CCC(N3CCCC3)CC2)cc1. The zero-order valence-corrected chi connectivity index (χ0v) is 12.3. The standard InChI is InChI=1S/C17H24N2O/c1-14(20)15-4-6-16(7-5-15)19-12-8-17(9-13-19)18-10-2-3-11-18/h4-7,17H,2-3,8-13H2,1H3. The first-order valence-corrected chi connectivity index (χ1v) is 7.84. The van der Waals surface area contributed by atoms with Gasteiger partial charge in [-0.05, 0) is 70.0 Å². The largest absolute Gasteiger partial charge is 0.371 e. The Hall–Kier alpha value is -1.35. The predicted molar refractivity (Wildman–Crippen MR) is 82.5 cm³/mol. The molecule has 0 atom stereocenters. The molecular formula is C17H24N2O. The molecule has 2 heterocycles. The van der Waals surface area contributed by atoms with Crippen molar-refractivity contribution >= 4 is 11.5 Å². The number of hydrogen-bond donors (Lipinski definition) is 0. The number of likely N-dealkylation sites (tertiary alicyclic amines) is 1. The third-order valence-electron chi connectivity index (χ3n) is 4.76. The van der Waals surface area contributed by atoms with Crippen LogP contribution in [0.1, 0.15) is 43.0 Å². The van der Waals surface area contributed by atoms with Crippen LogP contribution in [-0.2, 0) is 0 Å². The molecule has 0 aromatic heterocycles. The zero-order chi connectivity index (χ0) is 13.9. The summed E-state index contributed by atoms with van der Waals surface area (Å²) in [6.45, 7) is 6.51. The van der Waals surface area contributed by atoms with Gasteiger partial charge in [0, 0.05) is 30.4 Å². The molecule has 1 aromatic carbocycles. The van der Waals surface area contributed by atoms with Crippen LogP contribution in [-0.4, -0.2) is 42.9 Å². The van der Waals surface area contributed by atoms with Crippen LogP contribution >= 0.6 is 0 Å². The van der Waals surface area contributed by atoms with Crippen molar-refractivity contribution in [3.63, 3.8) is 0 Å². The molecule has 0 aliphatic carbocycles. The summed E-state index contributed by atoms with van der Waals surface area (Å²) in [5, 5.41) is 0. The van der Waals surface area contributed by atoms with Gasteiger partial charge in [0.1, 0.15) is 0 Å². The van der Waals surface area contributed by atoms with Crippen LogP contribution in [0, 0.1) is 0 Å². The van der Waals surface area contributed by atoms with Gasteiger partial charge in [0.05, 0.1) is 0 Å². The van der Waals surface area contributed by atoms with E-state index in [0.717, 1.165) is 24.7 Å². The number of carbonyl (C=O) groups excluding carboxylic acids is 1. The van der Waals surface area contributed by atoms with Crippen molar-refractivity contribution in [2.45, 2.75) is 38.6 Å². The number of benzene rings is 1. The highest BCUT2D eigenvalue weighted by molar-refractivity contribution is 5.94. The molecule has 1 aromatic rings. The predicted octanol–water partition coefficient (Wildman–Crippen LogP) is 2.95. The maximum absolute atomic E-state index is 11.3. The van der Waals surface area contributed by atoms with Gasteiger partial charge in [-0.1, -0.05) is 0 Å². The topological polar surface area (TPSA) is 23.6 Å². The average Bonchev–Trinajstić information content (AvgIpc) is 3.02. The zero-order valence-electron chi connectivity index (χ0n) is 12.3. The molecule has 0 unspecified atom stereocenters. The van der Waals surface area contributed by atoms with Crippen LogP contribution in [0.3, 0.4) is 0 Å². The molecule has 0 saturated carbocycles. The van der Waals surface area contributed by atoms with Crippen LogP contribution < -0.4 is 4.90 Å². The number of Topliss-reactive ketones (excluding diaryl/α,β-unsaturated/α-hetero) is 1. The third kappa shape index (κ3) is 2.88. The molecule has 20 heavy (non-hydrogen) atoms. The smallest absolute Gasteiger partial charge is 0.159 e. The van der Waals surface area contributed by atoms with E-state index in [1.165, 1.54) is 44.5 Å². The second-order valence-corrected chi connectivity index (χ2v) is 6.06. The van der Waals surface area contributed by atoms with Gasteiger partial charge in [0.15, 0.2) is 5.78 Å². The van der Waals surface area contributed by atoms with E-state index in [2.05, 4.69) is 21.9 Å². The maximum Gasteiger partial charge on any atom is 0.159 e. The van der Waals surface area contributed by atoms with E-state index < -0.39 is 0 Å². The summed E-state index contributed by atoms with van der Waals surface area (Å²) in [4.78, 5) is 16.4. The van der Waals surface area contributed by atoms with Gasteiger partial charge in [0.25, 0.3) is 0 Å². The molecule has 3 rings (SSSR count). The van der Waals surface area contributed by atoms with Gasteiger partial charge in [-0.2, -0.15) is 0 Å². The summed E-state index contributed by atoms with van der Waals surface area (Å²) >= 11 is 0. The van der Waals surface area contributed by atoms with Crippen LogP contribution in [0.15, 0.2) is 24.3 Å². The van der Waals surface area contributed by atoms with Crippen LogP contribution in [0.5, 0.6) is 0 Å². The highest BCUT2D eigenvalue weighted by atomic mass is 16.1. The lowest BCUT2D eigenvalue weighted by atomic mass is 10.0. The van der Waals surface area contributed by atoms with Gasteiger partial charge in [0.2, 0.25) is 0 Å². The van der Waals surface area contributed by atoms with Crippen molar-refractivity contribution in [3.8, 4) is 0 Å². The van der Waals surface area contributed by atoms with Gasteiger partial charge in [-0.25, -0.2) is 0 Å². The third-order valence-corrected chi connectivity index (χ3v) is 4.76. The Morgan fingerprint density at radius 3 is 2.15 bits per heavy atom. The molecule has 3 nitrogen and oxygen atoms in total. The summed E-state index contributed by atoms with van der Waals surface area (Å²) in [5.41, 5.74) is 2.07. The Kier molecular flexibility index (Phi) is 4.06. The minimum absolute atomic E-state index is 0.143. The normalized spacial score (nSPS) is 21.4. The molecule has 2 fully saturated rings. The van der Waals surface area contributed by atoms with E-state index in [4.69, 9.17) is 0 Å². The Bertz CT molecular complexity index is 454. The maximum atomic E-state index is 11.3. The molecule has 3 heteroatoms. The molecule has 0 spiro atoms. The first kappa shape index (κ1) is 13.6. The lowest BCUT2D eigenvalue weighted by molar-refractivity contribution is 0.101. The number of hydrogen-bond acceptors (Lipinski definition) is 3. The molecule has 0 bridgehead atoms. The summed E-state index contributed by atoms with van der Waals surface area (Å²) < 4.78 is 0. The fourth-order valence-electron chi connectivity index (χ4n) is 3.50. The Morgan fingerprint density at radius 1 is 1.00 bits per heavy atom. The van der Waals surface area contributed by atoms with Crippen LogP contribution in [0.2, 0.25) is 0 Å². The van der Waals surface area contributed by atoms with Crippen molar-refractivity contribution in [1.82, 2.24) is 4.90 Å². The Morgan fingerprint density at radius 2 is 1.60 bits per heavy atom. The van der Waals surface area contributed by atoms with Gasteiger partial charge >= 0.3 is 0 Å². The van der Waals surface area contributed by atoms with Crippen LogP contribution in [0.25, 0.3) is 0 Å². The van der Waals surface area contributed by atoms with E-state index >= 15 is 0 Å². The van der Waals surface area contributed by atoms with Gasteiger partial charge in [-0.3, -0.25) is 4.79 Å². The van der Waals surface area contributed by atoms with Gasteiger partial charge in [-0.15, -0.1) is 0 Å². The molecule has 2 saturated heterocycles. The average molecular weight is 272 g/mol. The number of anilines is 1. The first-order valence-electron chi connectivity index (χ1n) is 7.84. The molecule has 0 radical (unpaired) electrons. The van der Waals surface area contributed by atoms with Crippen molar-refractivity contribution < 1.29 is 4.79 Å². The lowest BCUT2D eigenvalue weighted by Crippen LogP contribution is -2.43. The van der Waals surface area contributed by atoms with E-state index in [9.17, 15) is 4.79 Å². The minimum atomic E-state index is 0.143. The highest BCUT2D eigenvalue weighted by Gasteiger charge is 2.26. The Balaban J connectivity index is 1.58. The molecule has 2 aliphatic heterocycles. The molecular weight excluding hydrogens is 248 g/mol. The number of piperidine rings is 1. The minimum Gasteiger partial charge on any atom is -0.371 e. The van der Waals surface area contributed by atoms with E-state index in [-0.39, 0.29) is 5.78 Å². The summed E-state index contributed by atoms with van der Waals surface area (Å²) in [6, 6.07) is 8.87. The molecule has 2 aliphatic rings. The quantitative estimate of drug-likeness (QED) is 0.790. The van der Waals surface area contributed by atoms with Crippen molar-refractivity contribution in [1.29, 1.82) is 0 Å². The second kappa shape index (κ2) is 5.96. The van der Waals surface area contributed by atoms with E-state index in [0.29, 0.717) is 0 Å². The number of ketones is 1. The van der Waals surface area contributed by atoms with E-state index in [1.807, 2.05) is 12.1 Å². The number of carbonyl (C=O) groups is 1. The van der Waals surface area contributed by atoms with Crippen LogP contribution in [0.4, 0.5) is 5.69 Å². The Labute approximate surface area is 121 Å². The van der Waals surface area contributed by atoms with Gasteiger partial charge < -0.3 is 9.80 Å². The van der Waals surface area contributed by atoms with Crippen molar-refractivity contribution in [2.24, 2.45) is 0 Å². The first-order chi connectivity index (χ1) is 9.74.